The van der Waals surface area contributed by atoms with Crippen LogP contribution in [0.1, 0.15) is 29.7 Å². The first kappa shape index (κ1) is 16.4. The average molecular weight is 307 g/mol. The van der Waals surface area contributed by atoms with E-state index >= 15 is 0 Å². The van der Waals surface area contributed by atoms with Crippen molar-refractivity contribution in [1.82, 2.24) is 5.32 Å². The van der Waals surface area contributed by atoms with Crippen LogP contribution in [0.5, 0.6) is 5.75 Å². The van der Waals surface area contributed by atoms with Crippen molar-refractivity contribution in [2.24, 2.45) is 0 Å². The maximum atomic E-state index is 14.0. The zero-order valence-electron chi connectivity index (χ0n) is 12.6. The lowest BCUT2D eigenvalue weighted by Gasteiger charge is -2.16. The van der Waals surface area contributed by atoms with Gasteiger partial charge in [-0.3, -0.25) is 0 Å². The van der Waals surface area contributed by atoms with Gasteiger partial charge in [0.1, 0.15) is 17.4 Å². The van der Waals surface area contributed by atoms with Crippen LogP contribution in [-0.4, -0.2) is 12.2 Å². The largest absolute Gasteiger partial charge is 0.497 e. The molecule has 0 spiro atoms. The Balaban J connectivity index is 2.05. The molecule has 118 valence electrons. The average Bonchev–Trinajstić information content (AvgIpc) is 2.53. The van der Waals surface area contributed by atoms with Gasteiger partial charge in [-0.2, -0.15) is 0 Å². The molecule has 22 heavy (non-hydrogen) atoms. The molecule has 0 aromatic heterocycles. The first-order valence-electron chi connectivity index (χ1n) is 7.00. The number of rotatable bonds is 6. The molecule has 0 bridgehead atoms. The van der Waals surface area contributed by atoms with E-state index in [1.807, 2.05) is 6.92 Å². The number of halogens is 2. The van der Waals surface area contributed by atoms with Crippen LogP contribution in [0.25, 0.3) is 0 Å². The quantitative estimate of drug-likeness (QED) is 0.860. The molecule has 0 saturated heterocycles. The normalized spacial score (nSPS) is 12.2. The van der Waals surface area contributed by atoms with Gasteiger partial charge in [0.2, 0.25) is 0 Å². The molecule has 0 aliphatic heterocycles. The molecule has 0 aliphatic rings. The van der Waals surface area contributed by atoms with E-state index in [0.29, 0.717) is 17.9 Å². The van der Waals surface area contributed by atoms with Gasteiger partial charge in [0, 0.05) is 29.8 Å². The molecule has 2 rings (SSSR count). The van der Waals surface area contributed by atoms with Gasteiger partial charge in [0.05, 0.1) is 13.7 Å². The summed E-state index contributed by atoms with van der Waals surface area (Å²) in [5.74, 6) is -0.297. The number of methoxy groups -OCH3 is 1. The summed E-state index contributed by atoms with van der Waals surface area (Å²) in [7, 11) is 1.49. The van der Waals surface area contributed by atoms with Gasteiger partial charge < -0.3 is 15.2 Å². The van der Waals surface area contributed by atoms with Gasteiger partial charge in [-0.15, -0.1) is 0 Å². The van der Waals surface area contributed by atoms with Crippen molar-refractivity contribution in [3.63, 3.8) is 0 Å². The van der Waals surface area contributed by atoms with Crippen molar-refractivity contribution in [3.8, 4) is 5.75 Å². The molecule has 0 saturated carbocycles. The number of aliphatic hydroxyl groups excluding tert-OH is 1. The second-order valence-corrected chi connectivity index (χ2v) is 5.07. The molecule has 2 aromatic carbocycles. The van der Waals surface area contributed by atoms with Crippen LogP contribution in [0, 0.1) is 11.6 Å². The highest BCUT2D eigenvalue weighted by molar-refractivity contribution is 5.31. The van der Waals surface area contributed by atoms with E-state index in [9.17, 15) is 8.78 Å². The Morgan fingerprint density at radius 2 is 1.91 bits per heavy atom. The SMILES string of the molecule is COc1ccc(C(C)NCc2ccc(F)c(CO)c2)c(F)c1. The number of hydrogen-bond donors (Lipinski definition) is 2. The van der Waals surface area contributed by atoms with Gasteiger partial charge in [-0.05, 0) is 30.7 Å². The summed E-state index contributed by atoms with van der Waals surface area (Å²) in [5, 5.41) is 12.2. The molecule has 2 aromatic rings. The van der Waals surface area contributed by atoms with Crippen LogP contribution in [0.3, 0.4) is 0 Å². The summed E-state index contributed by atoms with van der Waals surface area (Å²) in [6.07, 6.45) is 0. The van der Waals surface area contributed by atoms with E-state index in [0.717, 1.165) is 5.56 Å². The van der Waals surface area contributed by atoms with Crippen LogP contribution < -0.4 is 10.1 Å². The van der Waals surface area contributed by atoms with E-state index in [-0.39, 0.29) is 24.0 Å². The third kappa shape index (κ3) is 3.81. The minimum atomic E-state index is -0.430. The van der Waals surface area contributed by atoms with Crippen molar-refractivity contribution < 1.29 is 18.6 Å². The third-order valence-corrected chi connectivity index (χ3v) is 3.57. The molecular formula is C17H19F2NO2. The van der Waals surface area contributed by atoms with E-state index in [1.54, 1.807) is 24.3 Å². The van der Waals surface area contributed by atoms with Crippen molar-refractivity contribution in [3.05, 3.63) is 64.7 Å². The molecule has 0 heterocycles. The summed E-state index contributed by atoms with van der Waals surface area (Å²) < 4.78 is 32.3. The summed E-state index contributed by atoms with van der Waals surface area (Å²) in [6, 6.07) is 9.07. The Morgan fingerprint density at radius 3 is 2.55 bits per heavy atom. The van der Waals surface area contributed by atoms with E-state index < -0.39 is 5.82 Å². The molecule has 1 unspecified atom stereocenters. The molecule has 0 aliphatic carbocycles. The lowest BCUT2D eigenvalue weighted by molar-refractivity contribution is 0.275. The standard InChI is InChI=1S/C17H19F2NO2/c1-11(15-5-4-14(22-2)8-17(15)19)20-9-12-3-6-16(18)13(7-12)10-21/h3-8,11,20-21H,9-10H2,1-2H3. The van der Waals surface area contributed by atoms with E-state index in [4.69, 9.17) is 9.84 Å². The molecule has 0 amide bonds. The predicted octanol–water partition coefficient (Wildman–Crippen LogP) is 3.32. The molecule has 5 heteroatoms. The molecular weight excluding hydrogens is 288 g/mol. The van der Waals surface area contributed by atoms with Gasteiger partial charge >= 0.3 is 0 Å². The summed E-state index contributed by atoms with van der Waals surface area (Å²) in [4.78, 5) is 0. The van der Waals surface area contributed by atoms with Crippen molar-refractivity contribution in [2.45, 2.75) is 26.1 Å². The molecule has 0 radical (unpaired) electrons. The molecule has 3 nitrogen and oxygen atoms in total. The topological polar surface area (TPSA) is 41.5 Å². The summed E-state index contributed by atoms with van der Waals surface area (Å²) in [5.41, 5.74) is 1.61. The zero-order valence-corrected chi connectivity index (χ0v) is 12.6. The van der Waals surface area contributed by atoms with Crippen LogP contribution in [-0.2, 0) is 13.2 Å². The van der Waals surface area contributed by atoms with Gasteiger partial charge in [0.25, 0.3) is 0 Å². The molecule has 2 N–H and O–H groups in total. The number of nitrogens with one attached hydrogen (secondary N) is 1. The molecule has 0 fully saturated rings. The fourth-order valence-corrected chi connectivity index (χ4v) is 2.23. The number of hydrogen-bond acceptors (Lipinski definition) is 3. The van der Waals surface area contributed by atoms with Crippen LogP contribution in [0.2, 0.25) is 0 Å². The minimum absolute atomic E-state index is 0.214. The zero-order chi connectivity index (χ0) is 16.1. The van der Waals surface area contributed by atoms with Crippen LogP contribution in [0.4, 0.5) is 8.78 Å². The van der Waals surface area contributed by atoms with Gasteiger partial charge in [0.15, 0.2) is 0 Å². The van der Waals surface area contributed by atoms with Crippen molar-refractivity contribution >= 4 is 0 Å². The maximum Gasteiger partial charge on any atom is 0.131 e. The van der Waals surface area contributed by atoms with E-state index in [1.165, 1.54) is 19.2 Å². The third-order valence-electron chi connectivity index (χ3n) is 3.57. The Labute approximate surface area is 128 Å². The summed E-state index contributed by atoms with van der Waals surface area (Å²) in [6.45, 7) is 1.95. The van der Waals surface area contributed by atoms with Gasteiger partial charge in [-0.25, -0.2) is 8.78 Å². The first-order valence-corrected chi connectivity index (χ1v) is 7.00. The van der Waals surface area contributed by atoms with Crippen LogP contribution in [0.15, 0.2) is 36.4 Å². The van der Waals surface area contributed by atoms with Crippen LogP contribution >= 0.6 is 0 Å². The number of aliphatic hydroxyl groups is 1. The Bertz CT molecular complexity index is 647. The minimum Gasteiger partial charge on any atom is -0.497 e. The number of benzene rings is 2. The Morgan fingerprint density at radius 1 is 1.14 bits per heavy atom. The monoisotopic (exact) mass is 307 g/mol. The summed E-state index contributed by atoms with van der Waals surface area (Å²) >= 11 is 0. The Hall–Kier alpha value is -1.98. The maximum absolute atomic E-state index is 14.0. The van der Waals surface area contributed by atoms with Crippen molar-refractivity contribution in [1.29, 1.82) is 0 Å². The second-order valence-electron chi connectivity index (χ2n) is 5.07. The molecule has 1 atom stereocenters. The van der Waals surface area contributed by atoms with Crippen molar-refractivity contribution in [2.75, 3.05) is 7.11 Å². The second kappa shape index (κ2) is 7.33. The highest BCUT2D eigenvalue weighted by Crippen LogP contribution is 2.22. The fraction of sp³-hybridized carbons (Fsp3) is 0.294. The highest BCUT2D eigenvalue weighted by Gasteiger charge is 2.12. The number of ether oxygens (including phenoxy) is 1. The lowest BCUT2D eigenvalue weighted by Crippen LogP contribution is -2.19. The van der Waals surface area contributed by atoms with E-state index in [2.05, 4.69) is 5.32 Å². The highest BCUT2D eigenvalue weighted by atomic mass is 19.1. The fourth-order valence-electron chi connectivity index (χ4n) is 2.23. The Kier molecular flexibility index (Phi) is 5.46. The smallest absolute Gasteiger partial charge is 0.131 e. The lowest BCUT2D eigenvalue weighted by atomic mass is 10.1. The predicted molar refractivity (Wildman–Crippen MR) is 80.5 cm³/mol. The van der Waals surface area contributed by atoms with Gasteiger partial charge in [-0.1, -0.05) is 12.1 Å². The first-order chi connectivity index (χ1) is 10.5.